The molecule has 0 spiro atoms. The molecule has 1 nitrogen and oxygen atoms in total. The van der Waals surface area contributed by atoms with Crippen molar-refractivity contribution in [1.29, 1.82) is 0 Å². The van der Waals surface area contributed by atoms with Crippen LogP contribution in [-0.2, 0) is 0 Å². The predicted octanol–water partition coefficient (Wildman–Crippen LogP) is 11.9. The number of hydrogen-bond acceptors (Lipinski definition) is 1. The van der Waals surface area contributed by atoms with Gasteiger partial charge >= 0.3 is 0 Å². The molecule has 202 valence electrons. The van der Waals surface area contributed by atoms with Gasteiger partial charge in [0.25, 0.3) is 0 Å². The second kappa shape index (κ2) is 10.6. The summed E-state index contributed by atoms with van der Waals surface area (Å²) >= 11 is 0. The Morgan fingerprint density at radius 3 is 1.67 bits per heavy atom. The number of fused-ring (bicyclic) bond motifs is 3. The van der Waals surface area contributed by atoms with Crippen LogP contribution >= 0.6 is 0 Å². The van der Waals surface area contributed by atoms with E-state index in [-0.39, 0.29) is 28.5 Å². The number of anilines is 3. The van der Waals surface area contributed by atoms with E-state index in [2.05, 4.69) is 60.7 Å². The maximum Gasteiger partial charge on any atom is 0.0645 e. The lowest BCUT2D eigenvalue weighted by Gasteiger charge is -2.27. The highest BCUT2D eigenvalue weighted by Gasteiger charge is 2.16. The van der Waals surface area contributed by atoms with E-state index in [9.17, 15) is 1.37 Å². The molecular weight excluding hydrogens is 518 g/mol. The van der Waals surface area contributed by atoms with Gasteiger partial charge in [-0.3, -0.25) is 0 Å². The summed E-state index contributed by atoms with van der Waals surface area (Å²) in [6.07, 6.45) is 0. The Kier molecular flexibility index (Phi) is 4.63. The minimum absolute atomic E-state index is 0.0247. The minimum Gasteiger partial charge on any atom is -0.310 e. The van der Waals surface area contributed by atoms with Gasteiger partial charge in [-0.15, -0.1) is 0 Å². The predicted molar refractivity (Wildman–Crippen MR) is 185 cm³/mol. The van der Waals surface area contributed by atoms with Crippen molar-refractivity contribution in [3.05, 3.63) is 176 Å². The number of benzene rings is 8. The summed E-state index contributed by atoms with van der Waals surface area (Å²) in [5.74, 6) is 0. The van der Waals surface area contributed by atoms with Crippen LogP contribution in [0.5, 0.6) is 0 Å². The highest BCUT2D eigenvalue weighted by atomic mass is 15.1. The molecule has 8 aromatic rings. The van der Waals surface area contributed by atoms with E-state index < -0.39 is 30.2 Å². The molecule has 0 N–H and O–H groups in total. The molecule has 0 amide bonds. The molecule has 0 saturated carbocycles. The van der Waals surface area contributed by atoms with Crippen molar-refractivity contribution in [1.82, 2.24) is 0 Å². The lowest BCUT2D eigenvalue weighted by atomic mass is 9.99. The second-order valence-electron chi connectivity index (χ2n) is 10.5. The van der Waals surface area contributed by atoms with Crippen LogP contribution in [0.4, 0.5) is 17.1 Å². The van der Waals surface area contributed by atoms with Gasteiger partial charge in [-0.05, 0) is 91.6 Å². The Balaban J connectivity index is 1.37. The normalized spacial score (nSPS) is 13.5. The van der Waals surface area contributed by atoms with E-state index in [1.54, 1.807) is 4.90 Å². The lowest BCUT2D eigenvalue weighted by molar-refractivity contribution is 1.30. The van der Waals surface area contributed by atoms with Crippen molar-refractivity contribution in [2.75, 3.05) is 4.90 Å². The summed E-state index contributed by atoms with van der Waals surface area (Å²) in [6, 6.07) is 41.6. The standard InChI is InChI=1S/C42H29N/c1-3-12-34-27-37(21-19-30(34)9-1)32-23-25-39(26-24-32)43(42-18-8-14-33-11-5-6-17-41(33)42)40-16-7-15-36(29-40)38-22-20-31-10-2-4-13-35(31)28-38/h1-29H/i5D,6D,8D,11D,14D,17D,18D. The zero-order valence-corrected chi connectivity index (χ0v) is 23.1. The Labute approximate surface area is 261 Å². The topological polar surface area (TPSA) is 3.24 Å². The van der Waals surface area contributed by atoms with Gasteiger partial charge < -0.3 is 4.90 Å². The Bertz CT molecular complexity index is 2630. The van der Waals surface area contributed by atoms with Crippen molar-refractivity contribution in [2.45, 2.75) is 0 Å². The molecule has 0 saturated heterocycles. The van der Waals surface area contributed by atoms with Gasteiger partial charge in [0.2, 0.25) is 0 Å². The van der Waals surface area contributed by atoms with Crippen molar-refractivity contribution >= 4 is 49.4 Å². The highest BCUT2D eigenvalue weighted by molar-refractivity contribution is 5.99. The maximum atomic E-state index is 9.20. The average molecular weight is 555 g/mol. The first-order valence-electron chi connectivity index (χ1n) is 17.7. The molecule has 0 aromatic heterocycles. The van der Waals surface area contributed by atoms with Crippen molar-refractivity contribution in [3.63, 3.8) is 0 Å². The maximum absolute atomic E-state index is 9.20. The summed E-state index contributed by atoms with van der Waals surface area (Å²) in [7, 11) is 0. The lowest BCUT2D eigenvalue weighted by Crippen LogP contribution is -2.10. The van der Waals surface area contributed by atoms with Gasteiger partial charge in [0, 0.05) is 16.8 Å². The molecule has 8 rings (SSSR count). The molecule has 0 aliphatic carbocycles. The number of rotatable bonds is 5. The van der Waals surface area contributed by atoms with E-state index in [4.69, 9.17) is 8.22 Å². The molecule has 1 heteroatoms. The quantitative estimate of drug-likeness (QED) is 0.204. The summed E-state index contributed by atoms with van der Waals surface area (Å²) < 4.78 is 61.2. The van der Waals surface area contributed by atoms with Crippen LogP contribution in [0.3, 0.4) is 0 Å². The molecule has 0 aliphatic rings. The van der Waals surface area contributed by atoms with Gasteiger partial charge in [-0.1, -0.05) is 133 Å². The van der Waals surface area contributed by atoms with Crippen molar-refractivity contribution < 1.29 is 9.60 Å². The third-order valence-electron chi connectivity index (χ3n) is 7.91. The summed E-state index contributed by atoms with van der Waals surface area (Å²) in [6.45, 7) is 0. The Hall–Kier alpha value is -5.66. The first-order valence-corrected chi connectivity index (χ1v) is 14.2. The fourth-order valence-electron chi connectivity index (χ4n) is 5.74. The zero-order chi connectivity index (χ0) is 34.7. The third-order valence-corrected chi connectivity index (χ3v) is 7.91. The summed E-state index contributed by atoms with van der Waals surface area (Å²) in [5, 5.41) is 4.43. The van der Waals surface area contributed by atoms with Gasteiger partial charge in [-0.25, -0.2) is 0 Å². The minimum atomic E-state index is -0.483. The molecule has 0 fully saturated rings. The molecule has 0 aliphatic heterocycles. The van der Waals surface area contributed by atoms with Crippen LogP contribution in [0.2, 0.25) is 0 Å². The smallest absolute Gasteiger partial charge is 0.0645 e. The highest BCUT2D eigenvalue weighted by Crippen LogP contribution is 2.41. The molecule has 0 radical (unpaired) electrons. The molecule has 0 unspecified atom stereocenters. The van der Waals surface area contributed by atoms with E-state index in [1.807, 2.05) is 72.8 Å². The molecule has 0 heterocycles. The second-order valence-corrected chi connectivity index (χ2v) is 10.5. The first kappa shape index (κ1) is 18.7. The average Bonchev–Trinajstić information content (AvgIpc) is 3.16. The van der Waals surface area contributed by atoms with Crippen LogP contribution in [0, 0.1) is 0 Å². The third kappa shape index (κ3) is 4.71. The molecule has 8 aromatic carbocycles. The van der Waals surface area contributed by atoms with E-state index in [0.29, 0.717) is 11.4 Å². The van der Waals surface area contributed by atoms with Gasteiger partial charge in [0.05, 0.1) is 15.3 Å². The summed E-state index contributed by atoms with van der Waals surface area (Å²) in [5.41, 5.74) is 5.28. The van der Waals surface area contributed by atoms with Crippen LogP contribution in [0.15, 0.2) is 176 Å². The zero-order valence-electron chi connectivity index (χ0n) is 30.1. The summed E-state index contributed by atoms with van der Waals surface area (Å²) in [4.78, 5) is 1.78. The van der Waals surface area contributed by atoms with Crippen molar-refractivity contribution in [3.8, 4) is 22.3 Å². The first-order chi connectivity index (χ1) is 24.2. The van der Waals surface area contributed by atoms with Gasteiger partial charge in [0.15, 0.2) is 0 Å². The Morgan fingerprint density at radius 2 is 0.953 bits per heavy atom. The Morgan fingerprint density at radius 1 is 0.372 bits per heavy atom. The van der Waals surface area contributed by atoms with E-state index >= 15 is 0 Å². The molecule has 0 atom stereocenters. The fourth-order valence-corrected chi connectivity index (χ4v) is 5.74. The van der Waals surface area contributed by atoms with E-state index in [1.165, 1.54) is 0 Å². The number of nitrogens with zero attached hydrogens (tertiary/aromatic N) is 1. The van der Waals surface area contributed by atoms with Crippen LogP contribution < -0.4 is 4.90 Å². The molecule has 43 heavy (non-hydrogen) atoms. The number of hydrogen-bond donors (Lipinski definition) is 0. The van der Waals surface area contributed by atoms with Crippen molar-refractivity contribution in [2.24, 2.45) is 0 Å². The largest absolute Gasteiger partial charge is 0.310 e. The molecular formula is C42H29N. The molecule has 0 bridgehead atoms. The fraction of sp³-hybridized carbons (Fsp3) is 0. The van der Waals surface area contributed by atoms with Gasteiger partial charge in [0.1, 0.15) is 0 Å². The van der Waals surface area contributed by atoms with Gasteiger partial charge in [-0.2, -0.15) is 0 Å². The van der Waals surface area contributed by atoms with Crippen LogP contribution in [-0.4, -0.2) is 0 Å². The SMILES string of the molecule is [2H]c1c([2H])c([2H])c2c(N(c3ccc(-c4ccc5ccccc5c4)cc3)c3cccc(-c4ccc5ccccc5c4)c3)c([2H])c([2H])c([2H])c2c1[2H]. The van der Waals surface area contributed by atoms with Crippen LogP contribution in [0.1, 0.15) is 9.60 Å². The monoisotopic (exact) mass is 554 g/mol. The van der Waals surface area contributed by atoms with Crippen LogP contribution in [0.25, 0.3) is 54.6 Å². The van der Waals surface area contributed by atoms with E-state index in [0.717, 1.165) is 43.8 Å².